The van der Waals surface area contributed by atoms with Crippen molar-refractivity contribution in [3.05, 3.63) is 42.1 Å². The number of anilines is 1. The number of pyridine rings is 1. The van der Waals surface area contributed by atoms with E-state index < -0.39 is 11.7 Å². The molecule has 7 heteroatoms. The molecule has 2 N–H and O–H groups in total. The lowest BCUT2D eigenvalue weighted by molar-refractivity contribution is -0.137. The Kier molecular flexibility index (Phi) is 4.08. The molecule has 1 aromatic heterocycles. The first-order valence-electron chi connectivity index (χ1n) is 5.55. The van der Waals surface area contributed by atoms with Crippen LogP contribution >= 0.6 is 11.8 Å². The van der Waals surface area contributed by atoms with Crippen LogP contribution in [0.1, 0.15) is 5.56 Å². The first-order valence-corrected chi connectivity index (χ1v) is 6.36. The van der Waals surface area contributed by atoms with Gasteiger partial charge in [-0.25, -0.2) is 4.98 Å². The van der Waals surface area contributed by atoms with E-state index in [4.69, 9.17) is 10.5 Å². The van der Waals surface area contributed by atoms with E-state index in [1.807, 2.05) is 0 Å². The van der Waals surface area contributed by atoms with Gasteiger partial charge in [0.25, 0.3) is 0 Å². The number of benzene rings is 1. The number of ether oxygens (including phenoxy) is 1. The molecule has 0 spiro atoms. The van der Waals surface area contributed by atoms with Gasteiger partial charge in [0.05, 0.1) is 12.7 Å². The van der Waals surface area contributed by atoms with Crippen molar-refractivity contribution >= 4 is 17.4 Å². The van der Waals surface area contributed by atoms with Crippen molar-refractivity contribution in [3.8, 4) is 5.75 Å². The lowest BCUT2D eigenvalue weighted by Crippen LogP contribution is -2.05. The molecular weight excluding hydrogens is 289 g/mol. The van der Waals surface area contributed by atoms with Gasteiger partial charge in [-0.1, -0.05) is 11.8 Å². The van der Waals surface area contributed by atoms with Gasteiger partial charge in [-0.2, -0.15) is 13.2 Å². The largest absolute Gasteiger partial charge is 0.497 e. The maximum atomic E-state index is 12.4. The highest BCUT2D eigenvalue weighted by Gasteiger charge is 2.30. The molecule has 0 aliphatic carbocycles. The summed E-state index contributed by atoms with van der Waals surface area (Å²) in [6, 6.07) is 7.42. The summed E-state index contributed by atoms with van der Waals surface area (Å²) >= 11 is 1.19. The lowest BCUT2D eigenvalue weighted by atomic mass is 10.3. The number of nitrogens with zero attached hydrogens (tertiary/aromatic N) is 1. The standard InChI is InChI=1S/C13H11F3N2OS/c1-19-9-3-4-11(10(17)6-9)20-12-5-2-8(7-18-12)13(14,15)16/h2-7H,17H2,1H3. The molecule has 2 aromatic rings. The zero-order valence-corrected chi connectivity index (χ0v) is 11.3. The molecule has 0 fully saturated rings. The van der Waals surface area contributed by atoms with Crippen molar-refractivity contribution in [1.29, 1.82) is 0 Å². The average molecular weight is 300 g/mol. The van der Waals surface area contributed by atoms with Crippen LogP contribution < -0.4 is 10.5 Å². The minimum atomic E-state index is -4.38. The molecule has 0 saturated heterocycles. The number of alkyl halides is 3. The minimum Gasteiger partial charge on any atom is -0.497 e. The molecule has 3 nitrogen and oxygen atoms in total. The maximum absolute atomic E-state index is 12.4. The van der Waals surface area contributed by atoms with E-state index in [2.05, 4.69) is 4.98 Å². The van der Waals surface area contributed by atoms with Crippen LogP contribution in [-0.4, -0.2) is 12.1 Å². The summed E-state index contributed by atoms with van der Waals surface area (Å²) in [4.78, 5) is 4.49. The number of aromatic nitrogens is 1. The third-order valence-corrected chi connectivity index (χ3v) is 3.54. The summed E-state index contributed by atoms with van der Waals surface area (Å²) < 4.78 is 42.3. The normalized spacial score (nSPS) is 11.4. The summed E-state index contributed by atoms with van der Waals surface area (Å²) in [5.41, 5.74) is 5.54. The fraction of sp³-hybridized carbons (Fsp3) is 0.154. The molecule has 0 saturated carbocycles. The molecule has 0 aliphatic rings. The summed E-state index contributed by atoms with van der Waals surface area (Å²) in [7, 11) is 1.53. The molecule has 1 aromatic carbocycles. The molecule has 0 aliphatic heterocycles. The van der Waals surface area contributed by atoms with Gasteiger partial charge in [0.15, 0.2) is 0 Å². The van der Waals surface area contributed by atoms with Gasteiger partial charge < -0.3 is 10.5 Å². The van der Waals surface area contributed by atoms with E-state index in [0.29, 0.717) is 21.4 Å². The van der Waals surface area contributed by atoms with Crippen molar-refractivity contribution in [2.45, 2.75) is 16.1 Å². The summed E-state index contributed by atoms with van der Waals surface area (Å²) in [5.74, 6) is 0.618. The number of methoxy groups -OCH3 is 1. The van der Waals surface area contributed by atoms with Crippen LogP contribution in [0.5, 0.6) is 5.75 Å². The molecule has 0 amide bonds. The van der Waals surface area contributed by atoms with Crippen LogP contribution in [0.25, 0.3) is 0 Å². The van der Waals surface area contributed by atoms with Crippen LogP contribution in [0.15, 0.2) is 46.5 Å². The van der Waals surface area contributed by atoms with E-state index in [-0.39, 0.29) is 0 Å². The van der Waals surface area contributed by atoms with E-state index in [1.54, 1.807) is 18.2 Å². The zero-order valence-electron chi connectivity index (χ0n) is 10.4. The van der Waals surface area contributed by atoms with E-state index in [9.17, 15) is 13.2 Å². The summed E-state index contributed by atoms with van der Waals surface area (Å²) in [5, 5.41) is 0.440. The fourth-order valence-corrected chi connectivity index (χ4v) is 2.25. The molecule has 2 rings (SSSR count). The van der Waals surface area contributed by atoms with Gasteiger partial charge in [0.1, 0.15) is 10.8 Å². The Hall–Kier alpha value is -1.89. The Balaban J connectivity index is 2.18. The molecule has 106 valence electrons. The van der Waals surface area contributed by atoms with Gasteiger partial charge in [0.2, 0.25) is 0 Å². The lowest BCUT2D eigenvalue weighted by Gasteiger charge is -2.08. The Morgan fingerprint density at radius 2 is 1.95 bits per heavy atom. The first-order chi connectivity index (χ1) is 9.40. The number of nitrogen functional groups attached to an aromatic ring is 1. The van der Waals surface area contributed by atoms with Crippen molar-refractivity contribution in [2.24, 2.45) is 0 Å². The van der Waals surface area contributed by atoms with Crippen LogP contribution in [0.4, 0.5) is 18.9 Å². The molecule has 20 heavy (non-hydrogen) atoms. The van der Waals surface area contributed by atoms with Gasteiger partial charge in [-0.3, -0.25) is 0 Å². The van der Waals surface area contributed by atoms with E-state index in [0.717, 1.165) is 12.3 Å². The molecule has 0 bridgehead atoms. The van der Waals surface area contributed by atoms with Crippen LogP contribution in [0.3, 0.4) is 0 Å². The van der Waals surface area contributed by atoms with Crippen molar-refractivity contribution in [2.75, 3.05) is 12.8 Å². The predicted molar refractivity (Wildman–Crippen MR) is 70.8 cm³/mol. The Morgan fingerprint density at radius 3 is 2.45 bits per heavy atom. The van der Waals surface area contributed by atoms with E-state index in [1.165, 1.54) is 24.9 Å². The summed E-state index contributed by atoms with van der Waals surface area (Å²) in [6.45, 7) is 0. The zero-order chi connectivity index (χ0) is 14.8. The van der Waals surface area contributed by atoms with Gasteiger partial charge in [0, 0.05) is 22.8 Å². The van der Waals surface area contributed by atoms with Crippen molar-refractivity contribution in [1.82, 2.24) is 4.98 Å². The summed E-state index contributed by atoms with van der Waals surface area (Å²) in [6.07, 6.45) is -3.57. The van der Waals surface area contributed by atoms with Crippen molar-refractivity contribution in [3.63, 3.8) is 0 Å². The van der Waals surface area contributed by atoms with Gasteiger partial charge in [-0.15, -0.1) is 0 Å². The fourth-order valence-electron chi connectivity index (χ4n) is 1.47. The monoisotopic (exact) mass is 300 g/mol. The highest BCUT2D eigenvalue weighted by molar-refractivity contribution is 7.99. The SMILES string of the molecule is COc1ccc(Sc2ccc(C(F)(F)F)cn2)c(N)c1. The Morgan fingerprint density at radius 1 is 1.20 bits per heavy atom. The smallest absolute Gasteiger partial charge is 0.417 e. The van der Waals surface area contributed by atoms with Gasteiger partial charge in [-0.05, 0) is 24.3 Å². The number of halogens is 3. The van der Waals surface area contributed by atoms with Crippen LogP contribution in [0, 0.1) is 0 Å². The highest BCUT2D eigenvalue weighted by Crippen LogP contribution is 2.34. The third kappa shape index (κ3) is 3.36. The van der Waals surface area contributed by atoms with Gasteiger partial charge >= 0.3 is 6.18 Å². The quantitative estimate of drug-likeness (QED) is 0.875. The Labute approximate surface area is 118 Å². The number of nitrogens with two attached hydrogens (primary N) is 1. The molecular formula is C13H11F3N2OS. The molecule has 1 heterocycles. The van der Waals surface area contributed by atoms with Crippen molar-refractivity contribution < 1.29 is 17.9 Å². The average Bonchev–Trinajstić information content (AvgIpc) is 2.40. The molecule has 0 unspecified atom stereocenters. The number of rotatable bonds is 3. The molecule has 0 atom stereocenters. The second kappa shape index (κ2) is 5.62. The Bertz CT molecular complexity index is 600. The first kappa shape index (κ1) is 14.5. The molecule has 0 radical (unpaired) electrons. The number of hydrogen-bond donors (Lipinski definition) is 1. The van der Waals surface area contributed by atoms with Crippen LogP contribution in [0.2, 0.25) is 0 Å². The third-order valence-electron chi connectivity index (χ3n) is 2.50. The minimum absolute atomic E-state index is 0.440. The predicted octanol–water partition coefficient (Wildman–Crippen LogP) is 3.84. The van der Waals surface area contributed by atoms with E-state index >= 15 is 0 Å². The second-order valence-electron chi connectivity index (χ2n) is 3.89. The number of hydrogen-bond acceptors (Lipinski definition) is 4. The second-order valence-corrected chi connectivity index (χ2v) is 4.95. The maximum Gasteiger partial charge on any atom is 0.417 e. The topological polar surface area (TPSA) is 48.1 Å². The highest BCUT2D eigenvalue weighted by atomic mass is 32.2. The van der Waals surface area contributed by atoms with Crippen LogP contribution in [-0.2, 0) is 6.18 Å².